The monoisotopic (exact) mass is 291 g/mol. The molecule has 1 aromatic rings. The van der Waals surface area contributed by atoms with Gasteiger partial charge >= 0.3 is 0 Å². The van der Waals surface area contributed by atoms with Crippen molar-refractivity contribution >= 4 is 5.91 Å². The third-order valence-corrected chi connectivity index (χ3v) is 3.69. The summed E-state index contributed by atoms with van der Waals surface area (Å²) in [5.74, 6) is 0.0581. The predicted molar refractivity (Wildman–Crippen MR) is 88.1 cm³/mol. The van der Waals surface area contributed by atoms with Crippen LogP contribution in [0.3, 0.4) is 0 Å². The minimum absolute atomic E-state index is 0.0581. The van der Waals surface area contributed by atoms with Crippen molar-refractivity contribution in [3.63, 3.8) is 0 Å². The van der Waals surface area contributed by atoms with Crippen LogP contribution in [0.15, 0.2) is 30.3 Å². The predicted octanol–water partition coefficient (Wildman–Crippen LogP) is 1.75. The summed E-state index contributed by atoms with van der Waals surface area (Å²) >= 11 is 0. The first-order chi connectivity index (χ1) is 9.95. The standard InChI is InChI=1S/C17H29N3O/c1-5-20(14(2)13-19(3)4)17(21)16(18)12-11-15-9-7-6-8-10-15/h6-10,14,16H,5,11-13,18H2,1-4H3. The lowest BCUT2D eigenvalue weighted by Gasteiger charge is -2.32. The van der Waals surface area contributed by atoms with Gasteiger partial charge in [0.25, 0.3) is 0 Å². The highest BCUT2D eigenvalue weighted by atomic mass is 16.2. The van der Waals surface area contributed by atoms with E-state index in [1.807, 2.05) is 44.1 Å². The van der Waals surface area contributed by atoms with E-state index in [-0.39, 0.29) is 11.9 Å². The van der Waals surface area contributed by atoms with Crippen LogP contribution in [0.1, 0.15) is 25.8 Å². The molecule has 0 radical (unpaired) electrons. The van der Waals surface area contributed by atoms with E-state index in [1.54, 1.807) is 0 Å². The molecule has 1 rings (SSSR count). The average Bonchev–Trinajstić information content (AvgIpc) is 2.45. The molecule has 118 valence electrons. The molecule has 0 spiro atoms. The highest BCUT2D eigenvalue weighted by Crippen LogP contribution is 2.08. The molecular weight excluding hydrogens is 262 g/mol. The van der Waals surface area contributed by atoms with Gasteiger partial charge in [-0.15, -0.1) is 0 Å². The molecule has 0 fully saturated rings. The van der Waals surface area contributed by atoms with Crippen molar-refractivity contribution in [1.29, 1.82) is 0 Å². The van der Waals surface area contributed by atoms with Crippen LogP contribution in [-0.4, -0.2) is 55.0 Å². The number of benzene rings is 1. The zero-order valence-corrected chi connectivity index (χ0v) is 13.7. The fourth-order valence-corrected chi connectivity index (χ4v) is 2.62. The van der Waals surface area contributed by atoms with E-state index < -0.39 is 6.04 Å². The lowest BCUT2D eigenvalue weighted by Crippen LogP contribution is -2.50. The van der Waals surface area contributed by atoms with Crippen molar-refractivity contribution < 1.29 is 4.79 Å². The molecule has 4 nitrogen and oxygen atoms in total. The van der Waals surface area contributed by atoms with Gasteiger partial charge in [-0.25, -0.2) is 0 Å². The Labute approximate surface area is 128 Å². The molecule has 0 aromatic heterocycles. The number of amides is 1. The summed E-state index contributed by atoms with van der Waals surface area (Å²) in [4.78, 5) is 16.5. The zero-order chi connectivity index (χ0) is 15.8. The highest BCUT2D eigenvalue weighted by molar-refractivity contribution is 5.81. The van der Waals surface area contributed by atoms with Crippen LogP contribution in [0.25, 0.3) is 0 Å². The molecule has 0 saturated carbocycles. The summed E-state index contributed by atoms with van der Waals surface area (Å²) in [5.41, 5.74) is 7.33. The van der Waals surface area contributed by atoms with Gasteiger partial charge < -0.3 is 15.5 Å². The Kier molecular flexibility index (Phi) is 7.40. The molecule has 2 atom stereocenters. The molecule has 1 amide bonds. The second kappa shape index (κ2) is 8.80. The van der Waals surface area contributed by atoms with Gasteiger partial charge in [0.1, 0.15) is 0 Å². The van der Waals surface area contributed by atoms with E-state index in [0.29, 0.717) is 13.0 Å². The molecule has 1 aromatic carbocycles. The van der Waals surface area contributed by atoms with Crippen molar-refractivity contribution in [2.24, 2.45) is 5.73 Å². The molecule has 21 heavy (non-hydrogen) atoms. The maximum atomic E-state index is 12.5. The Morgan fingerprint density at radius 1 is 1.24 bits per heavy atom. The molecule has 0 bridgehead atoms. The largest absolute Gasteiger partial charge is 0.338 e. The molecule has 2 unspecified atom stereocenters. The summed E-state index contributed by atoms with van der Waals surface area (Å²) in [6.07, 6.45) is 1.53. The van der Waals surface area contributed by atoms with Crippen LogP contribution < -0.4 is 5.73 Å². The maximum absolute atomic E-state index is 12.5. The molecule has 4 heteroatoms. The van der Waals surface area contributed by atoms with Gasteiger partial charge in [0.05, 0.1) is 6.04 Å². The van der Waals surface area contributed by atoms with Gasteiger partial charge in [-0.05, 0) is 46.3 Å². The van der Waals surface area contributed by atoms with E-state index in [0.717, 1.165) is 13.0 Å². The minimum atomic E-state index is -0.422. The minimum Gasteiger partial charge on any atom is -0.338 e. The van der Waals surface area contributed by atoms with Gasteiger partial charge in [-0.2, -0.15) is 0 Å². The lowest BCUT2D eigenvalue weighted by atomic mass is 10.0. The number of rotatable bonds is 8. The second-order valence-corrected chi connectivity index (χ2v) is 5.87. The van der Waals surface area contributed by atoms with Crippen LogP contribution in [-0.2, 0) is 11.2 Å². The fraction of sp³-hybridized carbons (Fsp3) is 0.588. The Morgan fingerprint density at radius 3 is 2.38 bits per heavy atom. The smallest absolute Gasteiger partial charge is 0.239 e. The van der Waals surface area contributed by atoms with Crippen LogP contribution in [0.2, 0.25) is 0 Å². The van der Waals surface area contributed by atoms with Crippen LogP contribution in [0.5, 0.6) is 0 Å². The average molecular weight is 291 g/mol. The highest BCUT2D eigenvalue weighted by Gasteiger charge is 2.24. The van der Waals surface area contributed by atoms with Crippen molar-refractivity contribution in [3.8, 4) is 0 Å². The van der Waals surface area contributed by atoms with Gasteiger partial charge in [-0.1, -0.05) is 30.3 Å². The normalized spacial score (nSPS) is 14.0. The maximum Gasteiger partial charge on any atom is 0.239 e. The van der Waals surface area contributed by atoms with E-state index in [9.17, 15) is 4.79 Å². The number of likely N-dealkylation sites (N-methyl/N-ethyl adjacent to an activating group) is 2. The third-order valence-electron chi connectivity index (χ3n) is 3.69. The van der Waals surface area contributed by atoms with Gasteiger partial charge in [-0.3, -0.25) is 4.79 Å². The van der Waals surface area contributed by atoms with Crippen molar-refractivity contribution in [3.05, 3.63) is 35.9 Å². The first kappa shape index (κ1) is 17.7. The molecule has 0 aliphatic carbocycles. The summed E-state index contributed by atoms with van der Waals surface area (Å²) in [5, 5.41) is 0. The number of aryl methyl sites for hydroxylation is 1. The van der Waals surface area contributed by atoms with E-state index >= 15 is 0 Å². The molecule has 2 N–H and O–H groups in total. The first-order valence-corrected chi connectivity index (χ1v) is 7.70. The van der Waals surface area contributed by atoms with Crippen LogP contribution in [0.4, 0.5) is 0 Å². The topological polar surface area (TPSA) is 49.6 Å². The van der Waals surface area contributed by atoms with Crippen molar-refractivity contribution in [1.82, 2.24) is 9.80 Å². The Hall–Kier alpha value is -1.39. The zero-order valence-electron chi connectivity index (χ0n) is 13.7. The van der Waals surface area contributed by atoms with Gasteiger partial charge in [0.2, 0.25) is 5.91 Å². The van der Waals surface area contributed by atoms with E-state index in [2.05, 4.69) is 24.0 Å². The van der Waals surface area contributed by atoms with Crippen LogP contribution in [0, 0.1) is 0 Å². The molecule has 0 aliphatic heterocycles. The lowest BCUT2D eigenvalue weighted by molar-refractivity contribution is -0.134. The van der Waals surface area contributed by atoms with E-state index in [4.69, 9.17) is 5.73 Å². The summed E-state index contributed by atoms with van der Waals surface area (Å²) in [7, 11) is 4.04. The number of hydrogen-bond donors (Lipinski definition) is 1. The quantitative estimate of drug-likeness (QED) is 0.794. The second-order valence-electron chi connectivity index (χ2n) is 5.87. The number of hydrogen-bond acceptors (Lipinski definition) is 3. The van der Waals surface area contributed by atoms with Crippen LogP contribution >= 0.6 is 0 Å². The molecular formula is C17H29N3O. The van der Waals surface area contributed by atoms with Crippen molar-refractivity contribution in [2.75, 3.05) is 27.2 Å². The summed E-state index contributed by atoms with van der Waals surface area (Å²) in [6, 6.07) is 9.93. The summed E-state index contributed by atoms with van der Waals surface area (Å²) < 4.78 is 0. The third kappa shape index (κ3) is 5.86. The SMILES string of the molecule is CCN(C(=O)C(N)CCc1ccccc1)C(C)CN(C)C. The molecule has 0 aliphatic rings. The van der Waals surface area contributed by atoms with E-state index in [1.165, 1.54) is 5.56 Å². The van der Waals surface area contributed by atoms with Crippen molar-refractivity contribution in [2.45, 2.75) is 38.8 Å². The number of carbonyl (C=O) groups is 1. The Bertz CT molecular complexity index is 419. The number of nitrogens with two attached hydrogens (primary N) is 1. The fourth-order valence-electron chi connectivity index (χ4n) is 2.62. The van der Waals surface area contributed by atoms with Gasteiger partial charge in [0.15, 0.2) is 0 Å². The number of nitrogens with zero attached hydrogens (tertiary/aromatic N) is 2. The Morgan fingerprint density at radius 2 is 1.86 bits per heavy atom. The van der Waals surface area contributed by atoms with Gasteiger partial charge in [0, 0.05) is 19.1 Å². The number of carbonyl (C=O) groups excluding carboxylic acids is 1. The summed E-state index contributed by atoms with van der Waals surface area (Å²) in [6.45, 7) is 5.64. The molecule has 0 saturated heterocycles. The Balaban J connectivity index is 2.54. The molecule has 0 heterocycles. The first-order valence-electron chi connectivity index (χ1n) is 7.70.